The first-order chi connectivity index (χ1) is 20.2. The van der Waals surface area contributed by atoms with Crippen molar-refractivity contribution in [2.45, 2.75) is 23.8 Å². The number of nitro groups is 1. The number of sulfonamides is 1. The maximum absolute atomic E-state index is 13.6. The highest BCUT2D eigenvalue weighted by Crippen LogP contribution is 2.39. The van der Waals surface area contributed by atoms with Crippen molar-refractivity contribution in [2.75, 3.05) is 19.1 Å². The van der Waals surface area contributed by atoms with Crippen LogP contribution in [0.15, 0.2) is 106 Å². The van der Waals surface area contributed by atoms with E-state index in [1.54, 1.807) is 67.7 Å². The SMILES string of the molecule is COc1ccc(C(=O)CC2c3ccccc3C/C(=N\S(=O)(=O)c3ccc([N+](=O)[O-])cc3)N2c2ccc(OC)cc2)cc1. The van der Waals surface area contributed by atoms with E-state index in [1.807, 2.05) is 24.3 Å². The number of nitrogens with zero attached hydrogens (tertiary/aromatic N) is 3. The molecule has 0 aromatic heterocycles. The maximum atomic E-state index is 13.6. The normalized spacial score (nSPS) is 15.6. The minimum Gasteiger partial charge on any atom is -0.497 e. The molecule has 0 saturated heterocycles. The van der Waals surface area contributed by atoms with Crippen molar-refractivity contribution < 1.29 is 27.6 Å². The number of carbonyl (C=O) groups is 1. The van der Waals surface area contributed by atoms with Gasteiger partial charge in [0.2, 0.25) is 0 Å². The molecule has 214 valence electrons. The third kappa shape index (κ3) is 5.86. The highest BCUT2D eigenvalue weighted by Gasteiger charge is 2.35. The molecule has 0 N–H and O–H groups in total. The van der Waals surface area contributed by atoms with E-state index in [4.69, 9.17) is 9.47 Å². The molecule has 42 heavy (non-hydrogen) atoms. The Labute approximate surface area is 243 Å². The van der Waals surface area contributed by atoms with Gasteiger partial charge in [-0.1, -0.05) is 24.3 Å². The van der Waals surface area contributed by atoms with Gasteiger partial charge in [0, 0.05) is 36.2 Å². The van der Waals surface area contributed by atoms with Crippen LogP contribution in [0.5, 0.6) is 11.5 Å². The van der Waals surface area contributed by atoms with Crippen molar-refractivity contribution in [3.8, 4) is 11.5 Å². The molecule has 11 heteroatoms. The molecule has 1 heterocycles. The number of benzene rings is 4. The van der Waals surface area contributed by atoms with Gasteiger partial charge in [0.15, 0.2) is 5.78 Å². The van der Waals surface area contributed by atoms with E-state index in [0.29, 0.717) is 22.7 Å². The molecule has 1 aliphatic heterocycles. The summed E-state index contributed by atoms with van der Waals surface area (Å²) in [6.45, 7) is 0. The van der Waals surface area contributed by atoms with Crippen molar-refractivity contribution >= 4 is 33.0 Å². The van der Waals surface area contributed by atoms with Gasteiger partial charge in [0.05, 0.1) is 30.1 Å². The van der Waals surface area contributed by atoms with Gasteiger partial charge in [-0.25, -0.2) is 0 Å². The van der Waals surface area contributed by atoms with Gasteiger partial charge in [0.25, 0.3) is 15.7 Å². The minimum atomic E-state index is -4.27. The fourth-order valence-electron chi connectivity index (χ4n) is 4.95. The highest BCUT2D eigenvalue weighted by atomic mass is 32.2. The quantitative estimate of drug-likeness (QED) is 0.137. The van der Waals surface area contributed by atoms with Crippen LogP contribution >= 0.6 is 0 Å². The summed E-state index contributed by atoms with van der Waals surface area (Å²) in [6, 6.07) is 25.4. The van der Waals surface area contributed by atoms with Gasteiger partial charge < -0.3 is 14.4 Å². The van der Waals surface area contributed by atoms with E-state index in [2.05, 4.69) is 4.40 Å². The number of fused-ring (bicyclic) bond motifs is 1. The van der Waals surface area contributed by atoms with Gasteiger partial charge in [-0.3, -0.25) is 14.9 Å². The molecule has 0 aliphatic carbocycles. The summed E-state index contributed by atoms with van der Waals surface area (Å²) in [5.74, 6) is 1.31. The molecule has 4 aromatic carbocycles. The van der Waals surface area contributed by atoms with E-state index in [9.17, 15) is 23.3 Å². The predicted molar refractivity (Wildman–Crippen MR) is 158 cm³/mol. The Kier molecular flexibility index (Phi) is 8.03. The van der Waals surface area contributed by atoms with Crippen LogP contribution in [0.4, 0.5) is 11.4 Å². The third-order valence-corrected chi connectivity index (χ3v) is 8.38. The van der Waals surface area contributed by atoms with Crippen LogP contribution in [0.2, 0.25) is 0 Å². The maximum Gasteiger partial charge on any atom is 0.283 e. The number of hydrogen-bond acceptors (Lipinski definition) is 7. The summed E-state index contributed by atoms with van der Waals surface area (Å²) in [5.41, 5.74) is 2.60. The molecule has 1 aliphatic rings. The Morgan fingerprint density at radius 1 is 0.905 bits per heavy atom. The fourth-order valence-corrected chi connectivity index (χ4v) is 5.96. The number of ether oxygens (including phenoxy) is 2. The Bertz CT molecular complexity index is 1750. The van der Waals surface area contributed by atoms with Crippen LogP contribution in [0.1, 0.15) is 33.9 Å². The Morgan fingerprint density at radius 3 is 2.10 bits per heavy atom. The van der Waals surface area contributed by atoms with Crippen molar-refractivity contribution in [1.29, 1.82) is 0 Å². The molecule has 0 amide bonds. The Hall–Kier alpha value is -5.03. The van der Waals surface area contributed by atoms with E-state index < -0.39 is 21.0 Å². The second-order valence-corrected chi connectivity index (χ2v) is 11.2. The van der Waals surface area contributed by atoms with Crippen LogP contribution in [0, 0.1) is 10.1 Å². The molecular formula is C31H27N3O7S. The van der Waals surface area contributed by atoms with Gasteiger partial charge in [-0.2, -0.15) is 8.42 Å². The molecule has 5 rings (SSSR count). The van der Waals surface area contributed by atoms with Crippen LogP contribution in [0.3, 0.4) is 0 Å². The van der Waals surface area contributed by atoms with Crippen LogP contribution < -0.4 is 14.4 Å². The predicted octanol–water partition coefficient (Wildman–Crippen LogP) is 5.78. The van der Waals surface area contributed by atoms with E-state index in [1.165, 1.54) is 0 Å². The number of anilines is 1. The number of hydrogen-bond donors (Lipinski definition) is 0. The lowest BCUT2D eigenvalue weighted by molar-refractivity contribution is -0.384. The molecule has 10 nitrogen and oxygen atoms in total. The van der Waals surface area contributed by atoms with E-state index in [-0.39, 0.29) is 35.0 Å². The second kappa shape index (κ2) is 11.8. The Morgan fingerprint density at radius 2 is 1.50 bits per heavy atom. The van der Waals surface area contributed by atoms with Crippen molar-refractivity contribution in [1.82, 2.24) is 0 Å². The topological polar surface area (TPSA) is 128 Å². The molecule has 0 bridgehead atoms. The standard InChI is InChI=1S/C31H27N3O7S/c1-40-25-13-7-21(8-14-25)30(35)20-29-28-6-4-3-5-22(28)19-31(33(29)23-9-15-26(41-2)16-10-23)32-42(38,39)27-17-11-24(12-18-27)34(36)37/h3-18,29H,19-20H2,1-2H3/b32-31+. The monoisotopic (exact) mass is 585 g/mol. The minimum absolute atomic E-state index is 0.0337. The number of nitro benzene ring substituents is 1. The lowest BCUT2D eigenvalue weighted by Gasteiger charge is -2.39. The molecular weight excluding hydrogens is 558 g/mol. The zero-order valence-electron chi connectivity index (χ0n) is 22.8. The average Bonchev–Trinajstić information content (AvgIpc) is 3.01. The zero-order chi connectivity index (χ0) is 29.9. The van der Waals surface area contributed by atoms with E-state index in [0.717, 1.165) is 35.4 Å². The summed E-state index contributed by atoms with van der Waals surface area (Å²) in [4.78, 5) is 25.7. The van der Waals surface area contributed by atoms with Gasteiger partial charge >= 0.3 is 0 Å². The summed E-state index contributed by atoms with van der Waals surface area (Å²) in [6.07, 6.45) is 0.216. The first-order valence-corrected chi connectivity index (χ1v) is 14.4. The van der Waals surface area contributed by atoms with Crippen LogP contribution in [-0.2, 0) is 16.4 Å². The van der Waals surface area contributed by atoms with Gasteiger partial charge in [-0.15, -0.1) is 4.40 Å². The smallest absolute Gasteiger partial charge is 0.283 e. The largest absolute Gasteiger partial charge is 0.497 e. The fraction of sp³-hybridized carbons (Fsp3) is 0.161. The number of ketones is 1. The zero-order valence-corrected chi connectivity index (χ0v) is 23.7. The van der Waals surface area contributed by atoms with Crippen molar-refractivity contribution in [3.63, 3.8) is 0 Å². The van der Waals surface area contributed by atoms with Gasteiger partial charge in [0.1, 0.15) is 17.3 Å². The number of methoxy groups -OCH3 is 2. The Balaban J connectivity index is 1.62. The second-order valence-electron chi connectivity index (χ2n) is 9.55. The molecule has 0 radical (unpaired) electrons. The number of rotatable bonds is 9. The van der Waals surface area contributed by atoms with Gasteiger partial charge in [-0.05, 0) is 71.8 Å². The molecule has 0 saturated carbocycles. The van der Waals surface area contributed by atoms with E-state index >= 15 is 0 Å². The molecule has 1 atom stereocenters. The molecule has 0 spiro atoms. The van der Waals surface area contributed by atoms with Crippen LogP contribution in [-0.4, -0.2) is 39.2 Å². The number of non-ortho nitro benzene ring substituents is 1. The average molecular weight is 586 g/mol. The molecule has 4 aromatic rings. The highest BCUT2D eigenvalue weighted by molar-refractivity contribution is 7.90. The van der Waals surface area contributed by atoms with Crippen molar-refractivity contribution in [3.05, 3.63) is 124 Å². The summed E-state index contributed by atoms with van der Waals surface area (Å²) < 4.78 is 41.8. The van der Waals surface area contributed by atoms with Crippen molar-refractivity contribution in [2.24, 2.45) is 4.40 Å². The number of carbonyl (C=O) groups excluding carboxylic acids is 1. The lowest BCUT2D eigenvalue weighted by atomic mass is 9.87. The molecule has 0 fully saturated rings. The third-order valence-electron chi connectivity index (χ3n) is 7.06. The summed E-state index contributed by atoms with van der Waals surface area (Å²) >= 11 is 0. The summed E-state index contributed by atoms with van der Waals surface area (Å²) in [7, 11) is -1.17. The molecule has 1 unspecified atom stereocenters. The number of amidine groups is 1. The summed E-state index contributed by atoms with van der Waals surface area (Å²) in [5, 5.41) is 11.1. The number of Topliss-reactive ketones (excluding diaryl/α,β-unsaturated/α-hetero) is 1. The first kappa shape index (κ1) is 28.5. The first-order valence-electron chi connectivity index (χ1n) is 13.0. The van der Waals surface area contributed by atoms with Crippen LogP contribution in [0.25, 0.3) is 0 Å². The lowest BCUT2D eigenvalue weighted by Crippen LogP contribution is -2.42.